The highest BCUT2D eigenvalue weighted by atomic mass is 19.1. The van der Waals surface area contributed by atoms with E-state index in [0.717, 1.165) is 5.75 Å². The Balaban J connectivity index is 1.86. The normalized spacial score (nSPS) is 11.9. The van der Waals surface area contributed by atoms with Crippen LogP contribution in [0.2, 0.25) is 0 Å². The summed E-state index contributed by atoms with van der Waals surface area (Å²) in [6.45, 7) is 2.50. The molecular formula is C15H16FNO. The largest absolute Gasteiger partial charge is 0.489 e. The number of benzene rings is 2. The molecule has 1 atom stereocenters. The molecule has 0 saturated carbocycles. The Morgan fingerprint density at radius 3 is 2.44 bits per heavy atom. The average molecular weight is 245 g/mol. The van der Waals surface area contributed by atoms with Crippen LogP contribution in [0, 0.1) is 5.82 Å². The van der Waals surface area contributed by atoms with Crippen molar-refractivity contribution >= 4 is 5.69 Å². The van der Waals surface area contributed by atoms with E-state index in [-0.39, 0.29) is 11.9 Å². The molecule has 0 radical (unpaired) electrons. The smallest absolute Gasteiger partial charge is 0.146 e. The van der Waals surface area contributed by atoms with E-state index < -0.39 is 0 Å². The maximum atomic E-state index is 13.4. The molecule has 1 N–H and O–H groups in total. The number of nitrogens with one attached hydrogen (secondary N) is 1. The first-order valence-electron chi connectivity index (χ1n) is 5.96. The van der Waals surface area contributed by atoms with Crippen LogP contribution in [-0.4, -0.2) is 12.6 Å². The molecule has 0 aliphatic rings. The molecule has 3 heteroatoms. The highest BCUT2D eigenvalue weighted by Gasteiger charge is 2.05. The Morgan fingerprint density at radius 2 is 1.72 bits per heavy atom. The first kappa shape index (κ1) is 12.4. The summed E-state index contributed by atoms with van der Waals surface area (Å²) in [5.74, 6) is 0.574. The third kappa shape index (κ3) is 3.48. The fourth-order valence-electron chi connectivity index (χ4n) is 1.63. The number of anilines is 1. The van der Waals surface area contributed by atoms with E-state index in [1.807, 2.05) is 37.3 Å². The molecule has 2 aromatic carbocycles. The molecule has 0 aliphatic heterocycles. The van der Waals surface area contributed by atoms with Crippen molar-refractivity contribution in [3.8, 4) is 5.75 Å². The zero-order chi connectivity index (χ0) is 12.8. The lowest BCUT2D eigenvalue weighted by molar-refractivity contribution is 0.234. The Morgan fingerprint density at radius 1 is 1.06 bits per heavy atom. The summed E-state index contributed by atoms with van der Waals surface area (Å²) in [6.07, 6.45) is -0.0352. The van der Waals surface area contributed by atoms with Crippen LogP contribution in [0.15, 0.2) is 54.6 Å². The summed E-state index contributed by atoms with van der Waals surface area (Å²) in [6, 6.07) is 16.2. The van der Waals surface area contributed by atoms with Crippen molar-refractivity contribution in [3.63, 3.8) is 0 Å². The molecule has 0 fully saturated rings. The van der Waals surface area contributed by atoms with Gasteiger partial charge in [-0.15, -0.1) is 0 Å². The molecule has 0 aliphatic carbocycles. The van der Waals surface area contributed by atoms with Gasteiger partial charge in [0.05, 0.1) is 12.2 Å². The molecule has 0 aromatic heterocycles. The van der Waals surface area contributed by atoms with Gasteiger partial charge in [-0.3, -0.25) is 0 Å². The van der Waals surface area contributed by atoms with E-state index in [1.165, 1.54) is 6.07 Å². The van der Waals surface area contributed by atoms with Crippen molar-refractivity contribution < 1.29 is 9.13 Å². The van der Waals surface area contributed by atoms with Crippen molar-refractivity contribution in [2.75, 3.05) is 11.9 Å². The number of hydrogen-bond donors (Lipinski definition) is 1. The zero-order valence-electron chi connectivity index (χ0n) is 10.3. The standard InChI is InChI=1S/C15H16FNO/c1-12(18-13-7-3-2-4-8-13)11-17-15-10-6-5-9-14(15)16/h2-10,12,17H,11H2,1H3. The molecule has 0 spiro atoms. The fraction of sp³-hybridized carbons (Fsp3) is 0.200. The Bertz CT molecular complexity index is 487. The maximum absolute atomic E-state index is 13.4. The second-order valence-corrected chi connectivity index (χ2v) is 4.10. The Kier molecular flexibility index (Phi) is 4.18. The third-order valence-corrected chi connectivity index (χ3v) is 2.53. The number of hydrogen-bond acceptors (Lipinski definition) is 2. The van der Waals surface area contributed by atoms with Crippen LogP contribution in [0.3, 0.4) is 0 Å². The van der Waals surface area contributed by atoms with E-state index in [0.29, 0.717) is 12.2 Å². The van der Waals surface area contributed by atoms with E-state index >= 15 is 0 Å². The number of halogens is 1. The van der Waals surface area contributed by atoms with E-state index in [9.17, 15) is 4.39 Å². The summed E-state index contributed by atoms with van der Waals surface area (Å²) in [5.41, 5.74) is 0.501. The molecule has 2 rings (SSSR count). The fourth-order valence-corrected chi connectivity index (χ4v) is 1.63. The van der Waals surface area contributed by atoms with Crippen LogP contribution in [0.5, 0.6) is 5.75 Å². The predicted octanol–water partition coefficient (Wildman–Crippen LogP) is 3.71. The molecular weight excluding hydrogens is 229 g/mol. The van der Waals surface area contributed by atoms with Gasteiger partial charge >= 0.3 is 0 Å². The minimum atomic E-state index is -0.246. The molecule has 0 bridgehead atoms. The number of para-hydroxylation sites is 2. The van der Waals surface area contributed by atoms with Crippen LogP contribution in [0.4, 0.5) is 10.1 Å². The highest BCUT2D eigenvalue weighted by Crippen LogP contribution is 2.14. The van der Waals surface area contributed by atoms with Crippen molar-refractivity contribution in [3.05, 3.63) is 60.4 Å². The van der Waals surface area contributed by atoms with Crippen LogP contribution in [0.1, 0.15) is 6.92 Å². The van der Waals surface area contributed by atoms with Crippen molar-refractivity contribution in [2.45, 2.75) is 13.0 Å². The van der Waals surface area contributed by atoms with Gasteiger partial charge in [-0.1, -0.05) is 30.3 Å². The number of rotatable bonds is 5. The Labute approximate surface area is 106 Å². The first-order chi connectivity index (χ1) is 8.75. The van der Waals surface area contributed by atoms with Crippen molar-refractivity contribution in [1.29, 1.82) is 0 Å². The van der Waals surface area contributed by atoms with Gasteiger partial charge in [0.25, 0.3) is 0 Å². The lowest BCUT2D eigenvalue weighted by atomic mass is 10.3. The topological polar surface area (TPSA) is 21.3 Å². The lowest BCUT2D eigenvalue weighted by Crippen LogP contribution is -2.23. The molecule has 2 nitrogen and oxygen atoms in total. The molecule has 0 saturated heterocycles. The molecule has 2 aromatic rings. The summed E-state index contributed by atoms with van der Waals surface area (Å²) < 4.78 is 19.1. The van der Waals surface area contributed by atoms with Gasteiger partial charge < -0.3 is 10.1 Å². The molecule has 18 heavy (non-hydrogen) atoms. The second-order valence-electron chi connectivity index (χ2n) is 4.10. The maximum Gasteiger partial charge on any atom is 0.146 e. The Hall–Kier alpha value is -2.03. The first-order valence-corrected chi connectivity index (χ1v) is 5.96. The predicted molar refractivity (Wildman–Crippen MR) is 71.4 cm³/mol. The summed E-state index contributed by atoms with van der Waals surface area (Å²) in [7, 11) is 0. The van der Waals surface area contributed by atoms with Gasteiger partial charge in [0.15, 0.2) is 0 Å². The third-order valence-electron chi connectivity index (χ3n) is 2.53. The summed E-state index contributed by atoms with van der Waals surface area (Å²) >= 11 is 0. The van der Waals surface area contributed by atoms with Gasteiger partial charge in [-0.2, -0.15) is 0 Å². The van der Waals surface area contributed by atoms with E-state index in [4.69, 9.17) is 4.74 Å². The molecule has 0 heterocycles. The zero-order valence-corrected chi connectivity index (χ0v) is 10.3. The summed E-state index contributed by atoms with van der Waals surface area (Å²) in [4.78, 5) is 0. The lowest BCUT2D eigenvalue weighted by Gasteiger charge is -2.16. The minimum Gasteiger partial charge on any atom is -0.489 e. The van der Waals surface area contributed by atoms with Gasteiger partial charge in [-0.05, 0) is 31.2 Å². The molecule has 0 amide bonds. The SMILES string of the molecule is CC(CNc1ccccc1F)Oc1ccccc1. The number of ether oxygens (including phenoxy) is 1. The summed E-state index contributed by atoms with van der Waals surface area (Å²) in [5, 5.41) is 3.03. The van der Waals surface area contributed by atoms with E-state index in [2.05, 4.69) is 5.32 Å². The van der Waals surface area contributed by atoms with Crippen LogP contribution < -0.4 is 10.1 Å². The van der Waals surface area contributed by atoms with Gasteiger partial charge in [0, 0.05) is 0 Å². The van der Waals surface area contributed by atoms with Gasteiger partial charge in [0.2, 0.25) is 0 Å². The van der Waals surface area contributed by atoms with Crippen molar-refractivity contribution in [2.24, 2.45) is 0 Å². The second kappa shape index (κ2) is 6.05. The average Bonchev–Trinajstić information content (AvgIpc) is 2.39. The van der Waals surface area contributed by atoms with Crippen LogP contribution >= 0.6 is 0 Å². The van der Waals surface area contributed by atoms with Crippen LogP contribution in [-0.2, 0) is 0 Å². The van der Waals surface area contributed by atoms with Gasteiger partial charge in [0.1, 0.15) is 17.7 Å². The monoisotopic (exact) mass is 245 g/mol. The van der Waals surface area contributed by atoms with E-state index in [1.54, 1.807) is 18.2 Å². The van der Waals surface area contributed by atoms with Crippen LogP contribution in [0.25, 0.3) is 0 Å². The highest BCUT2D eigenvalue weighted by molar-refractivity contribution is 5.44. The van der Waals surface area contributed by atoms with Gasteiger partial charge in [-0.25, -0.2) is 4.39 Å². The minimum absolute atomic E-state index is 0.0352. The quantitative estimate of drug-likeness (QED) is 0.867. The molecule has 94 valence electrons. The van der Waals surface area contributed by atoms with Crippen molar-refractivity contribution in [1.82, 2.24) is 0 Å². The molecule has 1 unspecified atom stereocenters.